The minimum atomic E-state index is -3.37. The topological polar surface area (TPSA) is 92.9 Å². The van der Waals surface area contributed by atoms with Crippen LogP contribution in [0.5, 0.6) is 5.75 Å². The number of aliphatic hydroxyl groups is 1. The van der Waals surface area contributed by atoms with Crippen molar-refractivity contribution in [2.75, 3.05) is 31.2 Å². The number of hydrogen-bond acceptors (Lipinski definition) is 5. The molecule has 0 unspecified atom stereocenters. The summed E-state index contributed by atoms with van der Waals surface area (Å²) in [6, 6.07) is 6.80. The van der Waals surface area contributed by atoms with Gasteiger partial charge in [-0.3, -0.25) is 0 Å². The van der Waals surface area contributed by atoms with Crippen LogP contribution < -0.4 is 10.5 Å². The molecule has 1 aliphatic heterocycles. The fourth-order valence-corrected chi connectivity index (χ4v) is 3.81. The van der Waals surface area contributed by atoms with Crippen LogP contribution in [0.3, 0.4) is 0 Å². The predicted molar refractivity (Wildman–Crippen MR) is 81.6 cm³/mol. The molecule has 1 aromatic carbocycles. The van der Waals surface area contributed by atoms with Crippen molar-refractivity contribution in [1.29, 1.82) is 0 Å². The van der Waals surface area contributed by atoms with E-state index in [0.29, 0.717) is 17.9 Å². The molecule has 3 N–H and O–H groups in total. The molecule has 21 heavy (non-hydrogen) atoms. The van der Waals surface area contributed by atoms with E-state index in [-0.39, 0.29) is 25.4 Å². The summed E-state index contributed by atoms with van der Waals surface area (Å²) >= 11 is 0. The number of benzene rings is 1. The average Bonchev–Trinajstić information content (AvgIpc) is 2.38. The highest BCUT2D eigenvalue weighted by molar-refractivity contribution is 7.89. The number of nitrogens with two attached hydrogens (primary N) is 1. The van der Waals surface area contributed by atoms with Crippen molar-refractivity contribution >= 4 is 15.7 Å². The number of sulfonamides is 1. The van der Waals surface area contributed by atoms with Gasteiger partial charge in [0.25, 0.3) is 0 Å². The molecular formula is C14H22N2O4S. The average molecular weight is 314 g/mol. The molecule has 0 atom stereocenters. The van der Waals surface area contributed by atoms with Gasteiger partial charge in [0.2, 0.25) is 10.0 Å². The van der Waals surface area contributed by atoms with Crippen LogP contribution in [0, 0.1) is 0 Å². The van der Waals surface area contributed by atoms with E-state index in [4.69, 9.17) is 10.5 Å². The van der Waals surface area contributed by atoms with Crippen LogP contribution in [-0.4, -0.2) is 48.9 Å². The first kappa shape index (κ1) is 16.1. The second-order valence-electron chi connectivity index (χ2n) is 5.48. The first-order valence-corrected chi connectivity index (χ1v) is 8.64. The number of ether oxygens (including phenoxy) is 1. The van der Waals surface area contributed by atoms with Crippen LogP contribution in [0.4, 0.5) is 5.69 Å². The molecule has 1 saturated heterocycles. The molecule has 2 rings (SSSR count). The summed E-state index contributed by atoms with van der Waals surface area (Å²) in [4.78, 5) is 0. The normalized spacial score (nSPS) is 18.2. The lowest BCUT2D eigenvalue weighted by Crippen LogP contribution is -2.63. The van der Waals surface area contributed by atoms with Crippen LogP contribution in [0.25, 0.3) is 0 Å². The highest BCUT2D eigenvalue weighted by Gasteiger charge is 2.45. The van der Waals surface area contributed by atoms with Gasteiger partial charge in [-0.1, -0.05) is 13.3 Å². The van der Waals surface area contributed by atoms with Gasteiger partial charge in [0.05, 0.1) is 11.4 Å². The molecule has 0 spiro atoms. The van der Waals surface area contributed by atoms with E-state index in [2.05, 4.69) is 0 Å². The predicted octanol–water partition coefficient (Wildman–Crippen LogP) is 0.824. The SMILES string of the molecule is CCCC1(O)CN(S(=O)(=O)CCOc2ccc(N)cc2)C1. The van der Waals surface area contributed by atoms with Gasteiger partial charge in [0, 0.05) is 18.8 Å². The summed E-state index contributed by atoms with van der Waals surface area (Å²) in [6.45, 7) is 2.42. The van der Waals surface area contributed by atoms with Gasteiger partial charge in [-0.05, 0) is 30.7 Å². The standard InChI is InChI=1S/C14H22N2O4S/c1-2-7-14(17)10-16(11-14)21(18,19)9-8-20-13-5-3-12(15)4-6-13/h3-6,17H,2,7-11,15H2,1H3. The molecule has 0 saturated carbocycles. The number of anilines is 1. The molecule has 0 amide bonds. The molecule has 1 fully saturated rings. The van der Waals surface area contributed by atoms with Gasteiger partial charge >= 0.3 is 0 Å². The zero-order valence-electron chi connectivity index (χ0n) is 12.2. The second-order valence-corrected chi connectivity index (χ2v) is 7.56. The fraction of sp³-hybridized carbons (Fsp3) is 0.571. The van der Waals surface area contributed by atoms with Crippen LogP contribution in [0.1, 0.15) is 19.8 Å². The Labute approximate surface area is 125 Å². The Balaban J connectivity index is 1.79. The molecule has 1 aliphatic rings. The third-order valence-corrected chi connectivity index (χ3v) is 5.27. The molecule has 1 aromatic rings. The third-order valence-electron chi connectivity index (χ3n) is 3.54. The lowest BCUT2D eigenvalue weighted by molar-refractivity contribution is -0.0653. The van der Waals surface area contributed by atoms with E-state index >= 15 is 0 Å². The Kier molecular flexibility index (Phi) is 4.75. The fourth-order valence-electron chi connectivity index (χ4n) is 2.39. The van der Waals surface area contributed by atoms with Crippen molar-refractivity contribution in [3.63, 3.8) is 0 Å². The lowest BCUT2D eigenvalue weighted by atomic mass is 9.92. The summed E-state index contributed by atoms with van der Waals surface area (Å²) in [5, 5.41) is 10.0. The van der Waals surface area contributed by atoms with Crippen molar-refractivity contribution < 1.29 is 18.3 Å². The maximum Gasteiger partial charge on any atom is 0.217 e. The Morgan fingerprint density at radius 1 is 1.33 bits per heavy atom. The molecule has 7 heteroatoms. The zero-order valence-corrected chi connectivity index (χ0v) is 13.0. The van der Waals surface area contributed by atoms with Gasteiger partial charge in [0.1, 0.15) is 12.4 Å². The van der Waals surface area contributed by atoms with Crippen molar-refractivity contribution in [1.82, 2.24) is 4.31 Å². The number of β-amino-alcohol motifs (C(OH)–C–C–N with tert-alkyl or cyclic N) is 1. The van der Waals surface area contributed by atoms with E-state index in [1.54, 1.807) is 24.3 Å². The Bertz CT molecular complexity index is 565. The van der Waals surface area contributed by atoms with Crippen LogP contribution in [0.2, 0.25) is 0 Å². The molecule has 0 radical (unpaired) electrons. The van der Waals surface area contributed by atoms with E-state index < -0.39 is 15.6 Å². The van der Waals surface area contributed by atoms with Gasteiger partial charge < -0.3 is 15.6 Å². The monoisotopic (exact) mass is 314 g/mol. The minimum absolute atomic E-state index is 0.0783. The molecular weight excluding hydrogens is 292 g/mol. The maximum atomic E-state index is 12.1. The summed E-state index contributed by atoms with van der Waals surface area (Å²) < 4.78 is 30.8. The summed E-state index contributed by atoms with van der Waals surface area (Å²) in [6.07, 6.45) is 1.46. The second kappa shape index (κ2) is 6.21. The smallest absolute Gasteiger partial charge is 0.217 e. The first-order chi connectivity index (χ1) is 9.85. The van der Waals surface area contributed by atoms with E-state index in [9.17, 15) is 13.5 Å². The number of rotatable bonds is 7. The molecule has 0 aromatic heterocycles. The first-order valence-electron chi connectivity index (χ1n) is 7.03. The van der Waals surface area contributed by atoms with Gasteiger partial charge in [-0.2, -0.15) is 4.31 Å². The van der Waals surface area contributed by atoms with Gasteiger partial charge in [-0.15, -0.1) is 0 Å². The summed E-state index contributed by atoms with van der Waals surface area (Å²) in [5.41, 5.74) is 5.34. The van der Waals surface area contributed by atoms with Gasteiger partial charge in [0.15, 0.2) is 0 Å². The molecule has 118 valence electrons. The van der Waals surface area contributed by atoms with E-state index in [1.807, 2.05) is 6.92 Å². The largest absolute Gasteiger partial charge is 0.492 e. The van der Waals surface area contributed by atoms with Crippen LogP contribution >= 0.6 is 0 Å². The molecule has 6 nitrogen and oxygen atoms in total. The Morgan fingerprint density at radius 2 is 1.95 bits per heavy atom. The zero-order chi connectivity index (χ0) is 15.5. The highest BCUT2D eigenvalue weighted by atomic mass is 32.2. The highest BCUT2D eigenvalue weighted by Crippen LogP contribution is 2.28. The van der Waals surface area contributed by atoms with Gasteiger partial charge in [-0.25, -0.2) is 8.42 Å². The molecule has 1 heterocycles. The summed E-state index contributed by atoms with van der Waals surface area (Å²) in [5.74, 6) is 0.491. The third kappa shape index (κ3) is 4.09. The maximum absolute atomic E-state index is 12.1. The quantitative estimate of drug-likeness (QED) is 0.727. The number of hydrogen-bond donors (Lipinski definition) is 2. The molecule has 0 bridgehead atoms. The van der Waals surface area contributed by atoms with Crippen molar-refractivity contribution in [3.05, 3.63) is 24.3 Å². The summed E-state index contributed by atoms with van der Waals surface area (Å²) in [7, 11) is -3.37. The Hall–Kier alpha value is -1.31. The lowest BCUT2D eigenvalue weighted by Gasteiger charge is -2.45. The van der Waals surface area contributed by atoms with Crippen molar-refractivity contribution in [2.24, 2.45) is 0 Å². The van der Waals surface area contributed by atoms with E-state index in [0.717, 1.165) is 6.42 Å². The van der Waals surface area contributed by atoms with Crippen molar-refractivity contribution in [3.8, 4) is 5.75 Å². The van der Waals surface area contributed by atoms with Crippen molar-refractivity contribution in [2.45, 2.75) is 25.4 Å². The van der Waals surface area contributed by atoms with Crippen LogP contribution in [-0.2, 0) is 10.0 Å². The number of nitrogens with zero attached hydrogens (tertiary/aromatic N) is 1. The number of nitrogen functional groups attached to an aromatic ring is 1. The molecule has 0 aliphatic carbocycles. The minimum Gasteiger partial charge on any atom is -0.492 e. The van der Waals surface area contributed by atoms with Crippen LogP contribution in [0.15, 0.2) is 24.3 Å². The Morgan fingerprint density at radius 3 is 2.52 bits per heavy atom. The van der Waals surface area contributed by atoms with E-state index in [1.165, 1.54) is 4.31 Å².